The van der Waals surface area contributed by atoms with Crippen LogP contribution in [-0.2, 0) is 13.5 Å². The van der Waals surface area contributed by atoms with Gasteiger partial charge in [0.2, 0.25) is 0 Å². The number of nitrogens with zero attached hydrogens (tertiary/aromatic N) is 2. The van der Waals surface area contributed by atoms with Crippen LogP contribution in [0, 0.1) is 6.92 Å². The van der Waals surface area contributed by atoms with Crippen LogP contribution in [0.2, 0.25) is 0 Å². The zero-order chi connectivity index (χ0) is 13.8. The van der Waals surface area contributed by atoms with Crippen molar-refractivity contribution in [2.24, 2.45) is 7.05 Å². The number of rotatable bonds is 5. The molecule has 0 unspecified atom stereocenters. The maximum atomic E-state index is 10.9. The van der Waals surface area contributed by atoms with Gasteiger partial charge in [-0.05, 0) is 36.8 Å². The van der Waals surface area contributed by atoms with Crippen LogP contribution in [-0.4, -0.2) is 27.4 Å². The first-order valence-corrected chi connectivity index (χ1v) is 6.12. The number of hydrogen-bond acceptors (Lipinski definition) is 3. The molecule has 0 aliphatic heterocycles. The number of carboxylic acid groups (broad SMARTS) is 1. The Morgan fingerprint density at radius 3 is 2.79 bits per heavy atom. The number of hydrogen-bond donors (Lipinski definition) is 2. The Balaban J connectivity index is 1.95. The van der Waals surface area contributed by atoms with Crippen LogP contribution < -0.4 is 5.32 Å². The zero-order valence-corrected chi connectivity index (χ0v) is 11.1. The number of aryl methyl sites for hydroxylation is 2. The summed E-state index contributed by atoms with van der Waals surface area (Å²) in [4.78, 5) is 10.9. The lowest BCUT2D eigenvalue weighted by Crippen LogP contribution is -2.09. The predicted molar refractivity (Wildman–Crippen MR) is 73.5 cm³/mol. The summed E-state index contributed by atoms with van der Waals surface area (Å²) in [5, 5.41) is 16.4. The van der Waals surface area contributed by atoms with Crippen LogP contribution in [0.5, 0.6) is 0 Å². The zero-order valence-electron chi connectivity index (χ0n) is 11.1. The van der Waals surface area contributed by atoms with E-state index in [-0.39, 0.29) is 0 Å². The van der Waals surface area contributed by atoms with Crippen molar-refractivity contribution in [3.8, 4) is 0 Å². The van der Waals surface area contributed by atoms with Crippen molar-refractivity contribution < 1.29 is 9.90 Å². The summed E-state index contributed by atoms with van der Waals surface area (Å²) in [6.07, 6.45) is 2.65. The summed E-state index contributed by atoms with van der Waals surface area (Å²) in [7, 11) is 1.92. The quantitative estimate of drug-likeness (QED) is 0.862. The minimum absolute atomic E-state index is 0.345. The van der Waals surface area contributed by atoms with Gasteiger partial charge in [-0.15, -0.1) is 0 Å². The molecule has 0 atom stereocenters. The van der Waals surface area contributed by atoms with E-state index >= 15 is 0 Å². The van der Waals surface area contributed by atoms with E-state index in [2.05, 4.69) is 10.4 Å². The van der Waals surface area contributed by atoms with Gasteiger partial charge in [0.1, 0.15) is 0 Å². The number of carboxylic acids is 1. The van der Waals surface area contributed by atoms with Crippen molar-refractivity contribution in [3.05, 3.63) is 47.3 Å². The average Bonchev–Trinajstić information content (AvgIpc) is 2.75. The van der Waals surface area contributed by atoms with E-state index in [4.69, 9.17) is 5.11 Å². The molecule has 1 heterocycles. The molecule has 1 aromatic carbocycles. The summed E-state index contributed by atoms with van der Waals surface area (Å²) in [6, 6.07) is 7.26. The fourth-order valence-electron chi connectivity index (χ4n) is 2.00. The Labute approximate surface area is 111 Å². The standard InChI is InChI=1S/C14H17N3O2/c1-10-9-11(3-4-13(10)14(18)19)15-7-5-12-6-8-16-17(12)2/h3-4,6,8-9,15H,5,7H2,1-2H3,(H,18,19). The van der Waals surface area contributed by atoms with Crippen molar-refractivity contribution in [1.29, 1.82) is 0 Å². The van der Waals surface area contributed by atoms with Crippen LogP contribution in [0.3, 0.4) is 0 Å². The largest absolute Gasteiger partial charge is 0.478 e. The molecule has 0 saturated heterocycles. The van der Waals surface area contributed by atoms with E-state index in [0.717, 1.165) is 29.9 Å². The molecule has 5 heteroatoms. The van der Waals surface area contributed by atoms with E-state index < -0.39 is 5.97 Å². The number of nitrogens with one attached hydrogen (secondary N) is 1. The molecule has 0 bridgehead atoms. The number of aromatic carboxylic acids is 1. The maximum absolute atomic E-state index is 10.9. The molecule has 0 spiro atoms. The molecule has 2 N–H and O–H groups in total. The first-order valence-electron chi connectivity index (χ1n) is 6.12. The molecule has 19 heavy (non-hydrogen) atoms. The normalized spacial score (nSPS) is 10.4. The van der Waals surface area contributed by atoms with Crippen molar-refractivity contribution in [3.63, 3.8) is 0 Å². The second-order valence-electron chi connectivity index (χ2n) is 4.46. The lowest BCUT2D eigenvalue weighted by molar-refractivity contribution is 0.0696. The molecule has 0 fully saturated rings. The highest BCUT2D eigenvalue weighted by Gasteiger charge is 2.06. The molecule has 2 aromatic rings. The van der Waals surface area contributed by atoms with Crippen LogP contribution >= 0.6 is 0 Å². The summed E-state index contributed by atoms with van der Waals surface area (Å²) in [5.41, 5.74) is 3.20. The number of carbonyl (C=O) groups is 1. The molecule has 100 valence electrons. The Hall–Kier alpha value is -2.30. The van der Waals surface area contributed by atoms with Gasteiger partial charge in [0.25, 0.3) is 0 Å². The number of aromatic nitrogens is 2. The topological polar surface area (TPSA) is 67.2 Å². The highest BCUT2D eigenvalue weighted by Crippen LogP contribution is 2.15. The van der Waals surface area contributed by atoms with Gasteiger partial charge in [0.15, 0.2) is 0 Å². The van der Waals surface area contributed by atoms with Crippen LogP contribution in [0.15, 0.2) is 30.5 Å². The van der Waals surface area contributed by atoms with Gasteiger partial charge in [-0.25, -0.2) is 4.79 Å². The third-order valence-corrected chi connectivity index (χ3v) is 3.09. The number of benzene rings is 1. The first kappa shape index (κ1) is 13.1. The molecule has 0 radical (unpaired) electrons. The van der Waals surface area contributed by atoms with Crippen molar-refractivity contribution >= 4 is 11.7 Å². The SMILES string of the molecule is Cc1cc(NCCc2ccnn2C)ccc1C(=O)O. The van der Waals surface area contributed by atoms with Crippen molar-refractivity contribution in [2.45, 2.75) is 13.3 Å². The van der Waals surface area contributed by atoms with Gasteiger partial charge >= 0.3 is 5.97 Å². The van der Waals surface area contributed by atoms with Gasteiger partial charge in [-0.2, -0.15) is 5.10 Å². The Morgan fingerprint density at radius 2 is 2.21 bits per heavy atom. The Morgan fingerprint density at radius 1 is 1.42 bits per heavy atom. The smallest absolute Gasteiger partial charge is 0.335 e. The molecule has 0 aliphatic rings. The second kappa shape index (κ2) is 5.56. The highest BCUT2D eigenvalue weighted by molar-refractivity contribution is 5.89. The predicted octanol–water partition coefficient (Wildman–Crippen LogP) is 2.08. The summed E-state index contributed by atoms with van der Waals surface area (Å²) in [6.45, 7) is 2.58. The van der Waals surface area contributed by atoms with Gasteiger partial charge in [0.05, 0.1) is 5.56 Å². The van der Waals surface area contributed by atoms with Gasteiger partial charge in [0, 0.05) is 37.6 Å². The molecule has 0 aliphatic carbocycles. The summed E-state index contributed by atoms with van der Waals surface area (Å²) in [5.74, 6) is -0.890. The molecule has 5 nitrogen and oxygen atoms in total. The van der Waals surface area contributed by atoms with Gasteiger partial charge < -0.3 is 10.4 Å². The average molecular weight is 259 g/mol. The molecular weight excluding hydrogens is 242 g/mol. The highest BCUT2D eigenvalue weighted by atomic mass is 16.4. The van der Waals surface area contributed by atoms with Gasteiger partial charge in [-0.3, -0.25) is 4.68 Å². The number of anilines is 1. The molecule has 2 rings (SSSR count). The van der Waals surface area contributed by atoms with Crippen molar-refractivity contribution in [2.75, 3.05) is 11.9 Å². The minimum atomic E-state index is -0.890. The summed E-state index contributed by atoms with van der Waals surface area (Å²) < 4.78 is 1.85. The lowest BCUT2D eigenvalue weighted by Gasteiger charge is -2.09. The van der Waals surface area contributed by atoms with Gasteiger partial charge in [-0.1, -0.05) is 0 Å². The summed E-state index contributed by atoms with van der Waals surface area (Å²) >= 11 is 0. The van der Waals surface area contributed by atoms with E-state index in [1.54, 1.807) is 25.3 Å². The van der Waals surface area contributed by atoms with Crippen LogP contribution in [0.25, 0.3) is 0 Å². The van der Waals surface area contributed by atoms with Crippen LogP contribution in [0.1, 0.15) is 21.6 Å². The molecule has 0 saturated carbocycles. The van der Waals surface area contributed by atoms with Crippen molar-refractivity contribution in [1.82, 2.24) is 9.78 Å². The molecular formula is C14H17N3O2. The molecule has 0 amide bonds. The van der Waals surface area contributed by atoms with E-state index in [0.29, 0.717) is 5.56 Å². The molecule has 1 aromatic heterocycles. The Kier molecular flexibility index (Phi) is 3.85. The minimum Gasteiger partial charge on any atom is -0.478 e. The third kappa shape index (κ3) is 3.13. The lowest BCUT2D eigenvalue weighted by atomic mass is 10.1. The van der Waals surface area contributed by atoms with E-state index in [9.17, 15) is 4.79 Å². The monoisotopic (exact) mass is 259 g/mol. The fourth-order valence-corrected chi connectivity index (χ4v) is 2.00. The second-order valence-corrected chi connectivity index (χ2v) is 4.46. The van der Waals surface area contributed by atoms with Crippen LogP contribution in [0.4, 0.5) is 5.69 Å². The van der Waals surface area contributed by atoms with E-state index in [1.165, 1.54) is 0 Å². The Bertz CT molecular complexity index is 590. The fraction of sp³-hybridized carbons (Fsp3) is 0.286. The maximum Gasteiger partial charge on any atom is 0.335 e. The first-order chi connectivity index (χ1) is 9.08. The van der Waals surface area contributed by atoms with E-state index in [1.807, 2.05) is 23.9 Å². The third-order valence-electron chi connectivity index (χ3n) is 3.09.